The number of unbranched alkanes of at least 4 members (excludes halogenated alkanes) is 1. The lowest BCUT2D eigenvalue weighted by Crippen LogP contribution is -2.68. The van der Waals surface area contributed by atoms with Gasteiger partial charge in [0.25, 0.3) is 0 Å². The zero-order valence-corrected chi connectivity index (χ0v) is 21.0. The Morgan fingerprint density at radius 1 is 1.24 bits per heavy atom. The van der Waals surface area contributed by atoms with Crippen molar-refractivity contribution in [3.8, 4) is 6.07 Å². The average Bonchev–Trinajstić information content (AvgIpc) is 3.33. The van der Waals surface area contributed by atoms with Gasteiger partial charge in [0, 0.05) is 38.6 Å². The summed E-state index contributed by atoms with van der Waals surface area (Å²) in [6, 6.07) is 2.44. The lowest BCUT2D eigenvalue weighted by atomic mass is 9.91. The van der Waals surface area contributed by atoms with Crippen molar-refractivity contribution in [2.24, 2.45) is 23.3 Å². The Kier molecular flexibility index (Phi) is 11.0. The fourth-order valence-electron chi connectivity index (χ4n) is 5.54. The first-order valence-corrected chi connectivity index (χ1v) is 13.2. The summed E-state index contributed by atoms with van der Waals surface area (Å²) in [6.07, 6.45) is 4.71. The third-order valence-electron chi connectivity index (χ3n) is 7.55. The topological polar surface area (TPSA) is 153 Å². The van der Waals surface area contributed by atoms with E-state index in [0.29, 0.717) is 19.5 Å². The maximum atomic E-state index is 13.6. The van der Waals surface area contributed by atoms with E-state index in [9.17, 15) is 10.1 Å². The molecule has 3 heterocycles. The Balaban J connectivity index is 1.71. The molecule has 34 heavy (non-hydrogen) atoms. The molecule has 0 saturated carbocycles. The SMILES string of the molecule is CCCC[C@@H](C)N1CC(CC#N)CNC1C(C(=O)NC1CNCCC1O[C@@H]1CCNC1)C(N)N. The van der Waals surface area contributed by atoms with Crippen LogP contribution in [0.25, 0.3) is 0 Å². The van der Waals surface area contributed by atoms with Crippen molar-refractivity contribution in [1.82, 2.24) is 26.2 Å². The predicted octanol–water partition coefficient (Wildman–Crippen LogP) is -0.589. The first-order chi connectivity index (χ1) is 16.4. The number of nitrogens with one attached hydrogen (secondary N) is 4. The van der Waals surface area contributed by atoms with Crippen LogP contribution in [0.4, 0.5) is 0 Å². The van der Waals surface area contributed by atoms with Crippen molar-refractivity contribution in [2.75, 3.05) is 39.3 Å². The molecule has 0 aromatic rings. The van der Waals surface area contributed by atoms with Crippen LogP contribution in [0.5, 0.6) is 0 Å². The number of carbonyl (C=O) groups excluding carboxylic acids is 1. The highest BCUT2D eigenvalue weighted by atomic mass is 16.5. The van der Waals surface area contributed by atoms with E-state index in [1.165, 1.54) is 0 Å². The number of carbonyl (C=O) groups is 1. The summed E-state index contributed by atoms with van der Waals surface area (Å²) in [5, 5.41) is 22.7. The first kappa shape index (κ1) is 27.3. The van der Waals surface area contributed by atoms with Gasteiger partial charge < -0.3 is 37.5 Å². The number of hydrogen-bond donors (Lipinski definition) is 6. The summed E-state index contributed by atoms with van der Waals surface area (Å²) in [5.41, 5.74) is 12.5. The van der Waals surface area contributed by atoms with E-state index in [0.717, 1.165) is 58.3 Å². The summed E-state index contributed by atoms with van der Waals surface area (Å²) < 4.78 is 6.36. The van der Waals surface area contributed by atoms with Crippen molar-refractivity contribution < 1.29 is 9.53 Å². The quantitative estimate of drug-likeness (QED) is 0.214. The maximum absolute atomic E-state index is 13.6. The molecule has 3 saturated heterocycles. The number of nitriles is 1. The van der Waals surface area contributed by atoms with Gasteiger partial charge in [-0.1, -0.05) is 19.8 Å². The number of amides is 1. The van der Waals surface area contributed by atoms with Crippen molar-refractivity contribution in [3.05, 3.63) is 0 Å². The molecule has 0 bridgehead atoms. The second kappa shape index (κ2) is 13.7. The fraction of sp³-hybridized carbons (Fsp3) is 0.917. The minimum absolute atomic E-state index is 0.0244. The Labute approximate surface area is 204 Å². The summed E-state index contributed by atoms with van der Waals surface area (Å²) >= 11 is 0. The second-order valence-electron chi connectivity index (χ2n) is 10.3. The molecule has 7 atom stereocenters. The van der Waals surface area contributed by atoms with Crippen molar-refractivity contribution >= 4 is 5.91 Å². The number of ether oxygens (including phenoxy) is 1. The summed E-state index contributed by atoms with van der Waals surface area (Å²) in [7, 11) is 0. The molecule has 5 unspecified atom stereocenters. The van der Waals surface area contributed by atoms with Crippen molar-refractivity contribution in [3.63, 3.8) is 0 Å². The van der Waals surface area contributed by atoms with E-state index in [2.05, 4.69) is 46.1 Å². The minimum Gasteiger partial charge on any atom is -0.371 e. The molecule has 194 valence electrons. The van der Waals surface area contributed by atoms with Crippen LogP contribution in [0.1, 0.15) is 52.4 Å². The molecule has 3 aliphatic rings. The molecule has 3 rings (SSSR count). The number of rotatable bonds is 11. The van der Waals surface area contributed by atoms with Gasteiger partial charge in [0.15, 0.2) is 0 Å². The lowest BCUT2D eigenvalue weighted by Gasteiger charge is -2.47. The van der Waals surface area contributed by atoms with Gasteiger partial charge in [-0.3, -0.25) is 9.69 Å². The number of nitrogens with zero attached hydrogens (tertiary/aromatic N) is 2. The van der Waals surface area contributed by atoms with Gasteiger partial charge in [-0.2, -0.15) is 5.26 Å². The zero-order chi connectivity index (χ0) is 24.5. The number of hydrogen-bond acceptors (Lipinski definition) is 9. The highest BCUT2D eigenvalue weighted by Crippen LogP contribution is 2.25. The summed E-state index contributed by atoms with van der Waals surface area (Å²) in [6.45, 7) is 9.20. The molecule has 0 spiro atoms. The normalized spacial score (nSPS) is 32.3. The Morgan fingerprint density at radius 3 is 2.68 bits per heavy atom. The third kappa shape index (κ3) is 7.34. The van der Waals surface area contributed by atoms with Gasteiger partial charge in [-0.05, 0) is 45.2 Å². The van der Waals surface area contributed by atoms with Crippen molar-refractivity contribution in [2.45, 2.75) is 89.0 Å². The molecule has 10 nitrogen and oxygen atoms in total. The van der Waals surface area contributed by atoms with Gasteiger partial charge in [0.2, 0.25) is 5.91 Å². The molecule has 3 aliphatic heterocycles. The van der Waals surface area contributed by atoms with Gasteiger partial charge in [-0.25, -0.2) is 0 Å². The molecule has 3 fully saturated rings. The van der Waals surface area contributed by atoms with E-state index in [4.69, 9.17) is 16.2 Å². The number of piperidine rings is 1. The van der Waals surface area contributed by atoms with Gasteiger partial charge in [-0.15, -0.1) is 0 Å². The Bertz CT molecular complexity index is 666. The molecule has 1 amide bonds. The van der Waals surface area contributed by atoms with Crippen LogP contribution >= 0.6 is 0 Å². The van der Waals surface area contributed by atoms with E-state index in [1.807, 2.05) is 0 Å². The fourth-order valence-corrected chi connectivity index (χ4v) is 5.54. The van der Waals surface area contributed by atoms with E-state index in [1.54, 1.807) is 0 Å². The van der Waals surface area contributed by atoms with E-state index < -0.39 is 12.1 Å². The molecule has 0 radical (unpaired) electrons. The minimum atomic E-state index is -0.805. The zero-order valence-electron chi connectivity index (χ0n) is 21.0. The Hall–Kier alpha value is -1.32. The van der Waals surface area contributed by atoms with Gasteiger partial charge in [0.1, 0.15) is 0 Å². The third-order valence-corrected chi connectivity index (χ3v) is 7.55. The summed E-state index contributed by atoms with van der Waals surface area (Å²) in [4.78, 5) is 16.0. The Morgan fingerprint density at radius 2 is 2.00 bits per heavy atom. The maximum Gasteiger partial charge on any atom is 0.229 e. The van der Waals surface area contributed by atoms with Crippen LogP contribution in [-0.4, -0.2) is 86.7 Å². The molecule has 0 aromatic heterocycles. The lowest BCUT2D eigenvalue weighted by molar-refractivity contribution is -0.133. The molecular weight excluding hydrogens is 432 g/mol. The summed E-state index contributed by atoms with van der Waals surface area (Å²) in [5.74, 6) is -0.517. The van der Waals surface area contributed by atoms with E-state index >= 15 is 0 Å². The van der Waals surface area contributed by atoms with Gasteiger partial charge in [0.05, 0.1) is 42.6 Å². The first-order valence-electron chi connectivity index (χ1n) is 13.2. The number of nitrogens with two attached hydrogens (primary N) is 2. The molecule has 0 aliphatic carbocycles. The monoisotopic (exact) mass is 478 g/mol. The van der Waals surface area contributed by atoms with Crippen LogP contribution in [0.3, 0.4) is 0 Å². The largest absolute Gasteiger partial charge is 0.371 e. The highest BCUT2D eigenvalue weighted by molar-refractivity contribution is 5.80. The standard InChI is InChI=1S/C24H46N8O2/c1-3-4-5-16(2)32-15-17(6-9-25)12-30-23(32)21(22(26)27)24(33)31-19-14-29-11-8-20(19)34-18-7-10-28-13-18/h16-23,28-30H,3-8,10-15,26-27H2,1-2H3,(H,31,33)/t16-,17?,18-,19?,20?,21?,23?/m1/s1. The van der Waals surface area contributed by atoms with Crippen LogP contribution in [0.15, 0.2) is 0 Å². The molecular formula is C24H46N8O2. The highest BCUT2D eigenvalue weighted by Gasteiger charge is 2.42. The molecule has 0 aromatic carbocycles. The van der Waals surface area contributed by atoms with Gasteiger partial charge >= 0.3 is 0 Å². The smallest absolute Gasteiger partial charge is 0.229 e. The molecule has 10 heteroatoms. The van der Waals surface area contributed by atoms with Crippen molar-refractivity contribution in [1.29, 1.82) is 5.26 Å². The second-order valence-corrected chi connectivity index (χ2v) is 10.3. The van der Waals surface area contributed by atoms with Crippen LogP contribution in [0, 0.1) is 23.2 Å². The van der Waals surface area contributed by atoms with Crippen LogP contribution in [0.2, 0.25) is 0 Å². The van der Waals surface area contributed by atoms with Crippen LogP contribution in [-0.2, 0) is 9.53 Å². The molecule has 8 N–H and O–H groups in total. The van der Waals surface area contributed by atoms with E-state index in [-0.39, 0.29) is 42.3 Å². The van der Waals surface area contributed by atoms with Crippen LogP contribution < -0.4 is 32.7 Å². The predicted molar refractivity (Wildman–Crippen MR) is 132 cm³/mol. The average molecular weight is 479 g/mol.